The van der Waals surface area contributed by atoms with Gasteiger partial charge in [-0.1, -0.05) is 23.7 Å². The summed E-state index contributed by atoms with van der Waals surface area (Å²) in [5.74, 6) is 1.77. The SMILES string of the molecule is COc1ccc(C2Oc3ccc([N+](=O)[O-])cc3C3CC(c4ccc(Cl)cc4)=NN32)cc1OC. The second-order valence-electron chi connectivity index (χ2n) is 7.72. The van der Waals surface area contributed by atoms with Crippen molar-refractivity contribution in [2.75, 3.05) is 14.2 Å². The molecule has 168 valence electrons. The molecule has 33 heavy (non-hydrogen) atoms. The zero-order valence-corrected chi connectivity index (χ0v) is 18.7. The van der Waals surface area contributed by atoms with E-state index in [1.54, 1.807) is 26.4 Å². The van der Waals surface area contributed by atoms with Crippen molar-refractivity contribution >= 4 is 23.0 Å². The molecule has 3 aromatic rings. The van der Waals surface area contributed by atoms with Crippen LogP contribution in [0.1, 0.15) is 35.4 Å². The van der Waals surface area contributed by atoms with Gasteiger partial charge in [-0.25, -0.2) is 5.01 Å². The Morgan fingerprint density at radius 1 is 1.06 bits per heavy atom. The van der Waals surface area contributed by atoms with Crippen molar-refractivity contribution < 1.29 is 19.1 Å². The number of rotatable bonds is 5. The van der Waals surface area contributed by atoms with Crippen LogP contribution < -0.4 is 14.2 Å². The summed E-state index contributed by atoms with van der Waals surface area (Å²) in [4.78, 5) is 11.0. The molecule has 2 aliphatic heterocycles. The first-order chi connectivity index (χ1) is 16.0. The van der Waals surface area contributed by atoms with Crippen LogP contribution in [0.4, 0.5) is 5.69 Å². The van der Waals surface area contributed by atoms with Gasteiger partial charge in [0.1, 0.15) is 5.75 Å². The Balaban J connectivity index is 1.61. The topological polar surface area (TPSA) is 86.4 Å². The first-order valence-electron chi connectivity index (χ1n) is 10.3. The summed E-state index contributed by atoms with van der Waals surface area (Å²) < 4.78 is 17.2. The maximum atomic E-state index is 11.4. The maximum absolute atomic E-state index is 11.4. The van der Waals surface area contributed by atoms with Gasteiger partial charge in [0.25, 0.3) is 5.69 Å². The molecule has 8 nitrogen and oxygen atoms in total. The lowest BCUT2D eigenvalue weighted by Gasteiger charge is -2.38. The average Bonchev–Trinajstić information content (AvgIpc) is 3.29. The molecule has 0 spiro atoms. The zero-order valence-electron chi connectivity index (χ0n) is 17.9. The Morgan fingerprint density at radius 3 is 2.52 bits per heavy atom. The minimum absolute atomic E-state index is 0.0156. The van der Waals surface area contributed by atoms with Gasteiger partial charge in [-0.2, -0.15) is 5.10 Å². The first kappa shape index (κ1) is 21.1. The zero-order chi connectivity index (χ0) is 23.1. The molecule has 0 amide bonds. The van der Waals surface area contributed by atoms with Gasteiger partial charge in [-0.05, 0) is 42.0 Å². The van der Waals surface area contributed by atoms with Crippen LogP contribution in [0.5, 0.6) is 17.2 Å². The molecule has 2 aliphatic rings. The fourth-order valence-electron chi connectivity index (χ4n) is 4.23. The number of nitrogens with zero attached hydrogens (tertiary/aromatic N) is 3. The molecule has 0 bridgehead atoms. The third-order valence-corrected chi connectivity index (χ3v) is 6.11. The number of hydrazone groups is 1. The number of methoxy groups -OCH3 is 2. The molecule has 0 saturated carbocycles. The molecular formula is C24H20ClN3O5. The highest BCUT2D eigenvalue weighted by molar-refractivity contribution is 6.30. The molecule has 2 unspecified atom stereocenters. The molecule has 0 aliphatic carbocycles. The van der Waals surface area contributed by atoms with Gasteiger partial charge < -0.3 is 14.2 Å². The van der Waals surface area contributed by atoms with E-state index in [0.29, 0.717) is 28.7 Å². The second kappa shape index (κ2) is 8.29. The van der Waals surface area contributed by atoms with Crippen molar-refractivity contribution in [3.05, 3.63) is 92.5 Å². The number of halogens is 1. The Labute approximate surface area is 195 Å². The molecule has 0 radical (unpaired) electrons. The highest BCUT2D eigenvalue weighted by Crippen LogP contribution is 2.49. The molecular weight excluding hydrogens is 446 g/mol. The summed E-state index contributed by atoms with van der Waals surface area (Å²) >= 11 is 6.05. The van der Waals surface area contributed by atoms with Crippen LogP contribution >= 0.6 is 11.6 Å². The predicted octanol–water partition coefficient (Wildman–Crippen LogP) is 5.51. The lowest BCUT2D eigenvalue weighted by molar-refractivity contribution is -0.385. The Bertz CT molecular complexity index is 1260. The van der Waals surface area contributed by atoms with E-state index in [1.807, 2.05) is 47.5 Å². The number of nitro benzene ring substituents is 1. The summed E-state index contributed by atoms with van der Waals surface area (Å²) in [5, 5.41) is 18.8. The molecule has 9 heteroatoms. The van der Waals surface area contributed by atoms with E-state index in [-0.39, 0.29) is 11.7 Å². The third-order valence-electron chi connectivity index (χ3n) is 5.85. The molecule has 5 rings (SSSR count). The number of ether oxygens (including phenoxy) is 3. The highest BCUT2D eigenvalue weighted by Gasteiger charge is 2.42. The normalized spacial score (nSPS) is 18.6. The molecule has 0 fully saturated rings. The highest BCUT2D eigenvalue weighted by atomic mass is 35.5. The quantitative estimate of drug-likeness (QED) is 0.365. The monoisotopic (exact) mass is 465 g/mol. The van der Waals surface area contributed by atoms with Crippen molar-refractivity contribution in [2.45, 2.75) is 18.7 Å². The lowest BCUT2D eigenvalue weighted by Crippen LogP contribution is -2.33. The maximum Gasteiger partial charge on any atom is 0.270 e. The summed E-state index contributed by atoms with van der Waals surface area (Å²) in [6.07, 6.45) is 0.0247. The largest absolute Gasteiger partial charge is 0.493 e. The minimum Gasteiger partial charge on any atom is -0.493 e. The Morgan fingerprint density at radius 2 is 1.82 bits per heavy atom. The van der Waals surface area contributed by atoms with Crippen LogP contribution in [0.15, 0.2) is 65.8 Å². The van der Waals surface area contributed by atoms with Gasteiger partial charge in [0, 0.05) is 34.7 Å². The van der Waals surface area contributed by atoms with E-state index in [0.717, 1.165) is 22.4 Å². The van der Waals surface area contributed by atoms with Crippen LogP contribution in [-0.2, 0) is 0 Å². The first-order valence-corrected chi connectivity index (χ1v) is 10.6. The minimum atomic E-state index is -0.548. The van der Waals surface area contributed by atoms with Crippen molar-refractivity contribution in [3.8, 4) is 17.2 Å². The standard InChI is InChI=1S/C24H20ClN3O5/c1-31-22-9-5-15(11-23(22)32-2)24-27-20(13-19(26-27)14-3-6-16(25)7-4-14)18-12-17(28(29)30)8-10-21(18)33-24/h3-12,20,24H,13H2,1-2H3. The molecule has 0 saturated heterocycles. The van der Waals surface area contributed by atoms with Gasteiger partial charge in [-0.3, -0.25) is 10.1 Å². The van der Waals surface area contributed by atoms with Gasteiger partial charge in [0.05, 0.1) is 30.9 Å². The van der Waals surface area contributed by atoms with E-state index in [1.165, 1.54) is 6.07 Å². The van der Waals surface area contributed by atoms with Crippen molar-refractivity contribution in [3.63, 3.8) is 0 Å². The van der Waals surface area contributed by atoms with Crippen LogP contribution in [0.25, 0.3) is 0 Å². The van der Waals surface area contributed by atoms with Crippen LogP contribution in [0.3, 0.4) is 0 Å². The van der Waals surface area contributed by atoms with Gasteiger partial charge >= 0.3 is 0 Å². The molecule has 0 aromatic heterocycles. The fourth-order valence-corrected chi connectivity index (χ4v) is 4.36. The van der Waals surface area contributed by atoms with Gasteiger partial charge in [-0.15, -0.1) is 0 Å². The van der Waals surface area contributed by atoms with Crippen LogP contribution in [0.2, 0.25) is 5.02 Å². The number of benzene rings is 3. The van der Waals surface area contributed by atoms with Crippen molar-refractivity contribution in [1.29, 1.82) is 0 Å². The number of hydrogen-bond acceptors (Lipinski definition) is 7. The summed E-state index contributed by atoms with van der Waals surface area (Å²) in [5.41, 5.74) is 3.36. The van der Waals surface area contributed by atoms with Crippen molar-refractivity contribution in [2.24, 2.45) is 5.10 Å². The number of nitro groups is 1. The van der Waals surface area contributed by atoms with Crippen LogP contribution in [0, 0.1) is 10.1 Å². The molecule has 3 aromatic carbocycles. The fraction of sp³-hybridized carbons (Fsp3) is 0.208. The smallest absolute Gasteiger partial charge is 0.270 e. The van der Waals surface area contributed by atoms with E-state index >= 15 is 0 Å². The van der Waals surface area contributed by atoms with E-state index in [4.69, 9.17) is 30.9 Å². The van der Waals surface area contributed by atoms with Crippen LogP contribution in [-0.4, -0.2) is 29.9 Å². The van der Waals surface area contributed by atoms with E-state index in [9.17, 15) is 10.1 Å². The molecule has 0 N–H and O–H groups in total. The second-order valence-corrected chi connectivity index (χ2v) is 8.15. The molecule has 2 atom stereocenters. The lowest BCUT2D eigenvalue weighted by atomic mass is 9.95. The summed E-state index contributed by atoms with van der Waals surface area (Å²) in [6.45, 7) is 0. The summed E-state index contributed by atoms with van der Waals surface area (Å²) in [6, 6.07) is 17.5. The Hall–Kier alpha value is -3.78. The van der Waals surface area contributed by atoms with E-state index in [2.05, 4.69) is 0 Å². The number of hydrogen-bond donors (Lipinski definition) is 0. The number of fused-ring (bicyclic) bond motifs is 3. The van der Waals surface area contributed by atoms with Gasteiger partial charge in [0.2, 0.25) is 6.23 Å². The van der Waals surface area contributed by atoms with Gasteiger partial charge in [0.15, 0.2) is 11.5 Å². The third kappa shape index (κ3) is 3.72. The summed E-state index contributed by atoms with van der Waals surface area (Å²) in [7, 11) is 3.16. The van der Waals surface area contributed by atoms with E-state index < -0.39 is 11.2 Å². The van der Waals surface area contributed by atoms with Crippen molar-refractivity contribution in [1.82, 2.24) is 5.01 Å². The Kier molecular flexibility index (Phi) is 5.30. The predicted molar refractivity (Wildman–Crippen MR) is 123 cm³/mol. The average molecular weight is 466 g/mol. The number of non-ortho nitro benzene ring substituents is 1. The molecule has 2 heterocycles.